The predicted molar refractivity (Wildman–Crippen MR) is 143 cm³/mol. The highest BCUT2D eigenvalue weighted by Crippen LogP contribution is 2.34. The zero-order chi connectivity index (χ0) is 26.8. The van der Waals surface area contributed by atoms with Crippen molar-refractivity contribution in [3.05, 3.63) is 69.8 Å². The normalized spacial score (nSPS) is 17.3. The molecule has 2 aromatic heterocycles. The Morgan fingerprint density at radius 1 is 1.15 bits per heavy atom. The van der Waals surface area contributed by atoms with E-state index in [1.807, 2.05) is 47.1 Å². The first-order valence-electron chi connectivity index (χ1n) is 13.3. The van der Waals surface area contributed by atoms with Gasteiger partial charge in [0.25, 0.3) is 5.56 Å². The number of fused-ring (bicyclic) bond motifs is 2. The molecule has 2 aromatic carbocycles. The molecule has 4 heterocycles. The van der Waals surface area contributed by atoms with Crippen LogP contribution in [0.3, 0.4) is 0 Å². The molecule has 0 radical (unpaired) electrons. The van der Waals surface area contributed by atoms with Gasteiger partial charge in [-0.3, -0.25) is 9.69 Å². The van der Waals surface area contributed by atoms with Gasteiger partial charge < -0.3 is 23.9 Å². The number of methoxy groups -OCH3 is 1. The van der Waals surface area contributed by atoms with Gasteiger partial charge >= 0.3 is 0 Å². The van der Waals surface area contributed by atoms with E-state index in [9.17, 15) is 4.79 Å². The maximum Gasteiger partial charge on any atom is 0.252 e. The fourth-order valence-electron chi connectivity index (χ4n) is 5.40. The van der Waals surface area contributed by atoms with E-state index in [1.54, 1.807) is 7.11 Å². The van der Waals surface area contributed by atoms with E-state index in [-0.39, 0.29) is 24.5 Å². The second kappa shape index (κ2) is 11.0. The second-order valence-corrected chi connectivity index (χ2v) is 9.95. The molecular weight excluding hydrogens is 500 g/mol. The zero-order valence-electron chi connectivity index (χ0n) is 22.1. The molecule has 4 aromatic rings. The lowest BCUT2D eigenvalue weighted by atomic mass is 10.1. The highest BCUT2D eigenvalue weighted by Gasteiger charge is 2.28. The molecule has 11 heteroatoms. The van der Waals surface area contributed by atoms with E-state index >= 15 is 0 Å². The molecule has 39 heavy (non-hydrogen) atoms. The Labute approximate surface area is 225 Å². The maximum absolute atomic E-state index is 13.2. The molecule has 1 N–H and O–H groups in total. The lowest BCUT2D eigenvalue weighted by Crippen LogP contribution is -2.33. The molecule has 2 atom stereocenters. The number of tetrazole rings is 1. The number of H-pyrrole nitrogens is 1. The maximum atomic E-state index is 13.2. The molecule has 2 aliphatic heterocycles. The van der Waals surface area contributed by atoms with Gasteiger partial charge in [0.15, 0.2) is 17.3 Å². The van der Waals surface area contributed by atoms with Crippen LogP contribution in [0.15, 0.2) is 47.3 Å². The van der Waals surface area contributed by atoms with E-state index in [2.05, 4.69) is 32.3 Å². The SMILES string of the molecule is CC[C@H](c1nnnn1C[C@@H]1CCCO1)N(Cc1ccc2c(c1)OCO2)Cc1cc2ccc(OC)cc2[nH]c1=O. The highest BCUT2D eigenvalue weighted by molar-refractivity contribution is 5.80. The quantitative estimate of drug-likeness (QED) is 0.327. The molecule has 11 nitrogen and oxygen atoms in total. The number of aromatic amines is 1. The summed E-state index contributed by atoms with van der Waals surface area (Å²) in [5.74, 6) is 2.91. The van der Waals surface area contributed by atoms with Crippen molar-refractivity contribution in [2.75, 3.05) is 20.5 Å². The first kappa shape index (κ1) is 25.3. The number of pyridine rings is 1. The Balaban J connectivity index is 1.35. The third-order valence-electron chi connectivity index (χ3n) is 7.41. The van der Waals surface area contributed by atoms with Gasteiger partial charge in [-0.05, 0) is 71.0 Å². The van der Waals surface area contributed by atoms with Crippen molar-refractivity contribution in [2.24, 2.45) is 0 Å². The van der Waals surface area contributed by atoms with Crippen LogP contribution in [0.4, 0.5) is 0 Å². The van der Waals surface area contributed by atoms with Crippen LogP contribution < -0.4 is 19.8 Å². The predicted octanol–water partition coefficient (Wildman–Crippen LogP) is 3.58. The van der Waals surface area contributed by atoms with E-state index < -0.39 is 0 Å². The molecule has 0 bridgehead atoms. The second-order valence-electron chi connectivity index (χ2n) is 9.95. The number of hydrogen-bond acceptors (Lipinski definition) is 9. The van der Waals surface area contributed by atoms with Crippen molar-refractivity contribution in [3.8, 4) is 17.2 Å². The molecule has 0 unspecified atom stereocenters. The minimum atomic E-state index is -0.141. The molecular formula is C28H32N6O5. The summed E-state index contributed by atoms with van der Waals surface area (Å²) in [6.07, 6.45) is 2.90. The number of ether oxygens (including phenoxy) is 4. The minimum Gasteiger partial charge on any atom is -0.497 e. The highest BCUT2D eigenvalue weighted by atomic mass is 16.7. The monoisotopic (exact) mass is 532 g/mol. The van der Waals surface area contributed by atoms with Crippen LogP contribution >= 0.6 is 0 Å². The van der Waals surface area contributed by atoms with Gasteiger partial charge in [-0.15, -0.1) is 5.10 Å². The Morgan fingerprint density at radius 2 is 2.05 bits per heavy atom. The first-order chi connectivity index (χ1) is 19.1. The summed E-state index contributed by atoms with van der Waals surface area (Å²) >= 11 is 0. The van der Waals surface area contributed by atoms with Crippen LogP contribution in [0.1, 0.15) is 49.2 Å². The molecule has 0 spiro atoms. The summed E-state index contributed by atoms with van der Waals surface area (Å²) in [6, 6.07) is 13.4. The van der Waals surface area contributed by atoms with Crippen molar-refractivity contribution < 1.29 is 18.9 Å². The van der Waals surface area contributed by atoms with E-state index in [0.29, 0.717) is 30.9 Å². The lowest BCUT2D eigenvalue weighted by Gasteiger charge is -2.30. The number of hydrogen-bond donors (Lipinski definition) is 1. The Bertz CT molecular complexity index is 1510. The summed E-state index contributed by atoms with van der Waals surface area (Å²) in [6.45, 7) is 4.66. The van der Waals surface area contributed by atoms with Crippen molar-refractivity contribution in [1.82, 2.24) is 30.1 Å². The Morgan fingerprint density at radius 3 is 2.87 bits per heavy atom. The molecule has 1 saturated heterocycles. The van der Waals surface area contributed by atoms with Crippen molar-refractivity contribution >= 4 is 10.9 Å². The summed E-state index contributed by atoms with van der Waals surface area (Å²) < 4.78 is 24.2. The van der Waals surface area contributed by atoms with Gasteiger partial charge in [0.1, 0.15) is 5.75 Å². The van der Waals surface area contributed by atoms with Crippen molar-refractivity contribution in [2.45, 2.75) is 58.0 Å². The number of rotatable bonds is 10. The average molecular weight is 533 g/mol. The van der Waals surface area contributed by atoms with Crippen molar-refractivity contribution in [3.63, 3.8) is 0 Å². The number of nitrogens with one attached hydrogen (secondary N) is 1. The largest absolute Gasteiger partial charge is 0.497 e. The smallest absolute Gasteiger partial charge is 0.252 e. The average Bonchev–Trinajstić information content (AvgIpc) is 3.72. The summed E-state index contributed by atoms with van der Waals surface area (Å²) in [7, 11) is 1.61. The Kier molecular flexibility index (Phi) is 7.16. The van der Waals surface area contributed by atoms with Crippen LogP contribution in [-0.2, 0) is 24.4 Å². The topological polar surface area (TPSA) is 117 Å². The van der Waals surface area contributed by atoms with Gasteiger partial charge in [-0.1, -0.05) is 13.0 Å². The van der Waals surface area contributed by atoms with Crippen LogP contribution in [-0.4, -0.2) is 56.7 Å². The molecule has 0 amide bonds. The first-order valence-corrected chi connectivity index (χ1v) is 13.3. The summed E-state index contributed by atoms with van der Waals surface area (Å²) in [5, 5.41) is 13.7. The van der Waals surface area contributed by atoms with Gasteiger partial charge in [0, 0.05) is 31.3 Å². The molecule has 6 rings (SSSR count). The van der Waals surface area contributed by atoms with Gasteiger partial charge in [0.2, 0.25) is 6.79 Å². The standard InChI is InChI=1S/C28H32N6O5/c1-3-24(27-30-31-32-34(27)16-22-5-4-10-37-22)33(14-18-6-9-25-26(11-18)39-17-38-25)15-20-12-19-7-8-21(36-2)13-23(19)29-28(20)35/h6-9,11-13,22,24H,3-5,10,14-17H2,1-2H3,(H,29,35)/t22-,24+/m0/s1. The molecule has 204 valence electrons. The van der Waals surface area contributed by atoms with E-state index in [0.717, 1.165) is 59.7 Å². The Hall–Kier alpha value is -3.96. The van der Waals surface area contributed by atoms with Crippen molar-refractivity contribution in [1.29, 1.82) is 0 Å². The lowest BCUT2D eigenvalue weighted by molar-refractivity contribution is 0.0888. The number of nitrogens with zero attached hydrogens (tertiary/aromatic N) is 5. The number of benzene rings is 2. The van der Waals surface area contributed by atoms with Gasteiger partial charge in [-0.2, -0.15) is 0 Å². The third kappa shape index (κ3) is 5.32. The van der Waals surface area contributed by atoms with Crippen LogP contribution in [0.25, 0.3) is 10.9 Å². The fourth-order valence-corrected chi connectivity index (χ4v) is 5.40. The minimum absolute atomic E-state index is 0.104. The third-order valence-corrected chi connectivity index (χ3v) is 7.41. The number of aromatic nitrogens is 5. The van der Waals surface area contributed by atoms with Crippen LogP contribution in [0, 0.1) is 0 Å². The summed E-state index contributed by atoms with van der Waals surface area (Å²) in [5.41, 5.74) is 2.29. The molecule has 2 aliphatic rings. The zero-order valence-corrected chi connectivity index (χ0v) is 22.1. The van der Waals surface area contributed by atoms with E-state index in [1.165, 1.54) is 0 Å². The van der Waals surface area contributed by atoms with Gasteiger partial charge in [0.05, 0.1) is 31.3 Å². The van der Waals surface area contributed by atoms with Gasteiger partial charge in [-0.25, -0.2) is 4.68 Å². The van der Waals surface area contributed by atoms with Crippen LogP contribution in [0.2, 0.25) is 0 Å². The molecule has 0 saturated carbocycles. The molecule has 0 aliphatic carbocycles. The summed E-state index contributed by atoms with van der Waals surface area (Å²) in [4.78, 5) is 18.5. The fraction of sp³-hybridized carbons (Fsp3) is 0.429. The van der Waals surface area contributed by atoms with Crippen LogP contribution in [0.5, 0.6) is 17.2 Å². The molecule has 1 fully saturated rings. The van der Waals surface area contributed by atoms with E-state index in [4.69, 9.17) is 18.9 Å².